The van der Waals surface area contributed by atoms with E-state index in [1.165, 1.54) is 17.9 Å². The first kappa shape index (κ1) is 13.1. The zero-order valence-corrected chi connectivity index (χ0v) is 10.4. The Morgan fingerprint density at radius 2 is 2.32 bits per heavy atom. The van der Waals surface area contributed by atoms with E-state index >= 15 is 0 Å². The number of ether oxygens (including phenoxy) is 1. The fraction of sp³-hybridized carbons (Fsp3) is 0.364. The van der Waals surface area contributed by atoms with Gasteiger partial charge in [0.1, 0.15) is 0 Å². The van der Waals surface area contributed by atoms with Gasteiger partial charge < -0.3 is 9.84 Å². The van der Waals surface area contributed by atoms with Crippen LogP contribution in [0.15, 0.2) is 18.3 Å². The van der Waals surface area contributed by atoms with E-state index in [9.17, 15) is 4.79 Å². The highest BCUT2D eigenvalue weighted by atomic mass is 16.5. The molecule has 2 aromatic heterocycles. The Morgan fingerprint density at radius 3 is 2.95 bits per heavy atom. The molecule has 8 nitrogen and oxygen atoms in total. The molecule has 0 amide bonds. The lowest BCUT2D eigenvalue weighted by Crippen LogP contribution is -2.06. The predicted molar refractivity (Wildman–Crippen MR) is 63.5 cm³/mol. The summed E-state index contributed by atoms with van der Waals surface area (Å²) in [5.74, 6) is 0.724. The van der Waals surface area contributed by atoms with E-state index in [-0.39, 0.29) is 19.0 Å². The first-order valence-corrected chi connectivity index (χ1v) is 5.66. The zero-order chi connectivity index (χ0) is 13.7. The molecular weight excluding hydrogens is 250 g/mol. The molecule has 19 heavy (non-hydrogen) atoms. The molecule has 1 N–H and O–H groups in total. The Balaban J connectivity index is 1.92. The summed E-state index contributed by atoms with van der Waals surface area (Å²) in [4.78, 5) is 16.3. The van der Waals surface area contributed by atoms with Crippen molar-refractivity contribution in [2.24, 2.45) is 0 Å². The quantitative estimate of drug-likeness (QED) is 0.722. The van der Waals surface area contributed by atoms with Gasteiger partial charge in [-0.1, -0.05) is 0 Å². The number of ketones is 1. The number of hydrogen-bond donors (Lipinski definition) is 1. The number of carbonyl (C=O) groups is 1. The molecule has 0 saturated heterocycles. The number of aliphatic hydroxyl groups excluding tert-OH is 1. The molecule has 0 aromatic carbocycles. The number of pyridine rings is 1. The summed E-state index contributed by atoms with van der Waals surface area (Å²) in [5.41, 5.74) is 0.527. The Hall–Kier alpha value is -2.35. The number of carbonyl (C=O) groups excluding carboxylic acids is 1. The molecule has 0 atom stereocenters. The van der Waals surface area contributed by atoms with Gasteiger partial charge in [0.2, 0.25) is 11.7 Å². The molecule has 0 unspecified atom stereocenters. The van der Waals surface area contributed by atoms with Crippen molar-refractivity contribution in [3.63, 3.8) is 0 Å². The maximum atomic E-state index is 11.1. The maximum absolute atomic E-state index is 11.1. The van der Waals surface area contributed by atoms with Crippen molar-refractivity contribution in [2.75, 3.05) is 6.61 Å². The van der Waals surface area contributed by atoms with Crippen LogP contribution in [0.4, 0.5) is 0 Å². The molecule has 2 heterocycles. The average molecular weight is 263 g/mol. The second-order valence-electron chi connectivity index (χ2n) is 3.76. The van der Waals surface area contributed by atoms with Gasteiger partial charge in [-0.15, -0.1) is 10.2 Å². The molecule has 0 aliphatic heterocycles. The average Bonchev–Trinajstić information content (AvgIpc) is 2.85. The van der Waals surface area contributed by atoms with Crippen LogP contribution in [0.2, 0.25) is 0 Å². The van der Waals surface area contributed by atoms with Crippen LogP contribution in [-0.4, -0.2) is 42.7 Å². The van der Waals surface area contributed by atoms with E-state index in [2.05, 4.69) is 20.4 Å². The fourth-order valence-corrected chi connectivity index (χ4v) is 1.33. The Bertz CT molecular complexity index is 552. The minimum Gasteiger partial charge on any atom is -0.469 e. The molecular formula is C11H13N5O3. The van der Waals surface area contributed by atoms with Crippen LogP contribution in [0.1, 0.15) is 23.1 Å². The van der Waals surface area contributed by atoms with Gasteiger partial charge in [0, 0.05) is 17.8 Å². The minimum absolute atomic E-state index is 0.0485. The molecule has 0 aliphatic carbocycles. The SMILES string of the molecule is CC(=O)c1ccc(OCc2nnn(CCO)n2)nc1. The summed E-state index contributed by atoms with van der Waals surface area (Å²) in [7, 11) is 0. The van der Waals surface area contributed by atoms with Gasteiger partial charge in [-0.2, -0.15) is 4.80 Å². The van der Waals surface area contributed by atoms with Gasteiger partial charge in [-0.25, -0.2) is 4.98 Å². The summed E-state index contributed by atoms with van der Waals surface area (Å²) >= 11 is 0. The molecule has 2 rings (SSSR count). The molecule has 0 saturated carbocycles. The fourth-order valence-electron chi connectivity index (χ4n) is 1.33. The highest BCUT2D eigenvalue weighted by molar-refractivity contribution is 5.93. The van der Waals surface area contributed by atoms with Gasteiger partial charge in [0.15, 0.2) is 12.4 Å². The summed E-state index contributed by atoms with van der Waals surface area (Å²) in [5, 5.41) is 20.2. The lowest BCUT2D eigenvalue weighted by atomic mass is 10.2. The number of nitrogens with zero attached hydrogens (tertiary/aromatic N) is 5. The third-order valence-electron chi connectivity index (χ3n) is 2.29. The Morgan fingerprint density at radius 1 is 1.47 bits per heavy atom. The minimum atomic E-state index is -0.0509. The number of hydrogen-bond acceptors (Lipinski definition) is 7. The van der Waals surface area contributed by atoms with Crippen molar-refractivity contribution in [3.05, 3.63) is 29.7 Å². The van der Waals surface area contributed by atoms with Crippen molar-refractivity contribution >= 4 is 5.78 Å². The van der Waals surface area contributed by atoms with Crippen LogP contribution in [0.5, 0.6) is 5.88 Å². The monoisotopic (exact) mass is 263 g/mol. The van der Waals surface area contributed by atoms with Crippen LogP contribution in [0, 0.1) is 0 Å². The van der Waals surface area contributed by atoms with Crippen LogP contribution >= 0.6 is 0 Å². The van der Waals surface area contributed by atoms with Crippen LogP contribution in [0.3, 0.4) is 0 Å². The predicted octanol–water partition coefficient (Wildman–Crippen LogP) is -0.158. The smallest absolute Gasteiger partial charge is 0.213 e. The topological polar surface area (TPSA) is 103 Å². The number of aliphatic hydroxyl groups is 1. The molecule has 8 heteroatoms. The largest absolute Gasteiger partial charge is 0.469 e. The maximum Gasteiger partial charge on any atom is 0.213 e. The second-order valence-corrected chi connectivity index (χ2v) is 3.76. The van der Waals surface area contributed by atoms with Crippen molar-refractivity contribution in [1.29, 1.82) is 0 Å². The van der Waals surface area contributed by atoms with Crippen molar-refractivity contribution in [1.82, 2.24) is 25.2 Å². The van der Waals surface area contributed by atoms with Crippen LogP contribution in [0.25, 0.3) is 0 Å². The first-order chi connectivity index (χ1) is 9.19. The van der Waals surface area contributed by atoms with Gasteiger partial charge in [-0.05, 0) is 18.2 Å². The van der Waals surface area contributed by atoms with E-state index in [0.717, 1.165) is 0 Å². The van der Waals surface area contributed by atoms with Crippen LogP contribution in [-0.2, 0) is 13.2 Å². The van der Waals surface area contributed by atoms with Gasteiger partial charge >= 0.3 is 0 Å². The highest BCUT2D eigenvalue weighted by Crippen LogP contribution is 2.09. The highest BCUT2D eigenvalue weighted by Gasteiger charge is 2.05. The zero-order valence-electron chi connectivity index (χ0n) is 10.4. The lowest BCUT2D eigenvalue weighted by Gasteiger charge is -2.02. The Kier molecular flexibility index (Phi) is 4.14. The molecule has 2 aromatic rings. The van der Waals surface area contributed by atoms with E-state index in [1.54, 1.807) is 12.1 Å². The standard InChI is InChI=1S/C11H13N5O3/c1-8(18)9-2-3-11(12-6-9)19-7-10-13-15-16(14-10)4-5-17/h2-3,6,17H,4-5,7H2,1H3. The van der Waals surface area contributed by atoms with Crippen molar-refractivity contribution < 1.29 is 14.6 Å². The summed E-state index contributed by atoms with van der Waals surface area (Å²) in [6, 6.07) is 3.25. The summed E-state index contributed by atoms with van der Waals surface area (Å²) in [6.07, 6.45) is 1.45. The number of Topliss-reactive ketones (excluding diaryl/α,β-unsaturated/α-hetero) is 1. The second kappa shape index (κ2) is 6.01. The molecule has 0 radical (unpaired) electrons. The van der Waals surface area contributed by atoms with E-state index < -0.39 is 0 Å². The van der Waals surface area contributed by atoms with Crippen molar-refractivity contribution in [2.45, 2.75) is 20.1 Å². The molecule has 100 valence electrons. The van der Waals surface area contributed by atoms with Gasteiger partial charge in [0.05, 0.1) is 13.2 Å². The van der Waals surface area contributed by atoms with Gasteiger partial charge in [0.25, 0.3) is 0 Å². The lowest BCUT2D eigenvalue weighted by molar-refractivity contribution is 0.101. The number of tetrazole rings is 1. The molecule has 0 fully saturated rings. The molecule has 0 aliphatic rings. The van der Waals surface area contributed by atoms with Crippen molar-refractivity contribution in [3.8, 4) is 5.88 Å². The molecule has 0 bridgehead atoms. The normalized spacial score (nSPS) is 10.4. The molecule has 0 spiro atoms. The summed E-state index contributed by atoms with van der Waals surface area (Å²) in [6.45, 7) is 1.84. The third kappa shape index (κ3) is 3.55. The van der Waals surface area contributed by atoms with E-state index in [1.807, 2.05) is 0 Å². The van der Waals surface area contributed by atoms with E-state index in [0.29, 0.717) is 23.8 Å². The Labute approximate surface area is 109 Å². The third-order valence-corrected chi connectivity index (χ3v) is 2.29. The summed E-state index contributed by atoms with van der Waals surface area (Å²) < 4.78 is 5.36. The number of aromatic nitrogens is 5. The first-order valence-electron chi connectivity index (χ1n) is 5.66. The number of rotatable bonds is 6. The van der Waals surface area contributed by atoms with Crippen LogP contribution < -0.4 is 4.74 Å². The van der Waals surface area contributed by atoms with Gasteiger partial charge in [-0.3, -0.25) is 4.79 Å². The van der Waals surface area contributed by atoms with E-state index in [4.69, 9.17) is 9.84 Å².